The van der Waals surface area contributed by atoms with Crippen LogP contribution in [0.1, 0.15) is 27.2 Å². The molecule has 2 N–H and O–H groups in total. The van der Waals surface area contributed by atoms with Crippen LogP contribution in [0.5, 0.6) is 0 Å². The second-order valence-corrected chi connectivity index (χ2v) is 7.62. The van der Waals surface area contributed by atoms with Gasteiger partial charge in [-0.2, -0.15) is 26.3 Å². The summed E-state index contributed by atoms with van der Waals surface area (Å²) in [6.07, 6.45) is -8.82. The van der Waals surface area contributed by atoms with Gasteiger partial charge in [0.2, 0.25) is 5.91 Å². The third-order valence-corrected chi connectivity index (χ3v) is 4.96. The molecule has 0 fully saturated rings. The Bertz CT molecular complexity index is 1220. The Balaban J connectivity index is 1.66. The normalized spacial score (nSPS) is 11.8. The second kappa shape index (κ2) is 9.67. The summed E-state index contributed by atoms with van der Waals surface area (Å²) in [5.41, 5.74) is -2.35. The fourth-order valence-corrected chi connectivity index (χ4v) is 3.30. The summed E-state index contributed by atoms with van der Waals surface area (Å²) in [5.74, 6) is -1.37. The Hall–Kier alpha value is -3.68. The molecule has 0 atom stereocenters. The molecule has 14 heteroatoms. The molecular weight excluding hydrogens is 490 g/mol. The lowest BCUT2D eigenvalue weighted by Gasteiger charge is -2.15. The van der Waals surface area contributed by atoms with Crippen LogP contribution in [0.15, 0.2) is 52.2 Å². The Labute approximate surface area is 191 Å². The van der Waals surface area contributed by atoms with Crippen molar-refractivity contribution in [1.29, 1.82) is 0 Å². The molecule has 3 aromatic rings. The number of anilines is 1. The molecule has 0 bridgehead atoms. The first-order valence-electron chi connectivity index (χ1n) is 9.28. The lowest BCUT2D eigenvalue weighted by atomic mass is 10.0. The van der Waals surface area contributed by atoms with E-state index in [4.69, 9.17) is 0 Å². The molecule has 34 heavy (non-hydrogen) atoms. The highest BCUT2D eigenvalue weighted by atomic mass is 32.1. The summed E-state index contributed by atoms with van der Waals surface area (Å²) >= 11 is 1.20. The number of amides is 2. The number of carbonyl (C=O) groups excluding carboxylic acids is 2. The van der Waals surface area contributed by atoms with Crippen LogP contribution in [-0.2, 0) is 30.2 Å². The summed E-state index contributed by atoms with van der Waals surface area (Å²) in [6, 6.07) is 3.37. The Kier molecular flexibility index (Phi) is 7.09. The molecule has 0 saturated carbocycles. The number of nitrogens with one attached hydrogen (secondary N) is 2. The number of rotatable bonds is 6. The predicted molar refractivity (Wildman–Crippen MR) is 109 cm³/mol. The van der Waals surface area contributed by atoms with Crippen LogP contribution < -0.4 is 16.2 Å². The number of carbonyl (C=O) groups is 2. The van der Waals surface area contributed by atoms with Gasteiger partial charge < -0.3 is 15.2 Å². The molecule has 0 radical (unpaired) electrons. The van der Waals surface area contributed by atoms with Crippen molar-refractivity contribution < 1.29 is 35.9 Å². The van der Waals surface area contributed by atoms with E-state index in [1.807, 2.05) is 0 Å². The van der Waals surface area contributed by atoms with Crippen LogP contribution in [0, 0.1) is 0 Å². The van der Waals surface area contributed by atoms with Crippen molar-refractivity contribution in [3.63, 3.8) is 0 Å². The van der Waals surface area contributed by atoms with Gasteiger partial charge in [-0.05, 0) is 29.8 Å². The van der Waals surface area contributed by atoms with Gasteiger partial charge in [0.15, 0.2) is 0 Å². The molecule has 7 nitrogen and oxygen atoms in total. The molecule has 0 spiro atoms. The summed E-state index contributed by atoms with van der Waals surface area (Å²) in [5, 5.41) is 6.14. The summed E-state index contributed by atoms with van der Waals surface area (Å²) in [4.78, 5) is 40.1. The average molecular weight is 504 g/mol. The van der Waals surface area contributed by atoms with E-state index in [0.717, 1.165) is 10.6 Å². The largest absolute Gasteiger partial charge is 0.416 e. The highest BCUT2D eigenvalue weighted by molar-refractivity contribution is 7.07. The molecular formula is C20H14F6N4O3S. The minimum atomic E-state index is -5.01. The first-order valence-corrected chi connectivity index (χ1v) is 10.2. The Morgan fingerprint density at radius 1 is 1.00 bits per heavy atom. The molecule has 1 aromatic carbocycles. The lowest BCUT2D eigenvalue weighted by Crippen LogP contribution is -2.32. The van der Waals surface area contributed by atoms with Gasteiger partial charge in [0.25, 0.3) is 11.5 Å². The zero-order valence-corrected chi connectivity index (χ0v) is 17.6. The zero-order valence-electron chi connectivity index (χ0n) is 16.8. The van der Waals surface area contributed by atoms with Gasteiger partial charge in [0.1, 0.15) is 12.2 Å². The lowest BCUT2D eigenvalue weighted by molar-refractivity contribution is -0.143. The van der Waals surface area contributed by atoms with E-state index >= 15 is 0 Å². The van der Waals surface area contributed by atoms with Crippen molar-refractivity contribution in [3.8, 4) is 0 Å². The highest BCUT2D eigenvalue weighted by Crippen LogP contribution is 2.36. The molecule has 0 aliphatic rings. The smallest absolute Gasteiger partial charge is 0.350 e. The van der Waals surface area contributed by atoms with Crippen LogP contribution >= 0.6 is 11.3 Å². The van der Waals surface area contributed by atoms with E-state index in [2.05, 4.69) is 15.6 Å². The van der Waals surface area contributed by atoms with E-state index in [0.29, 0.717) is 12.1 Å². The van der Waals surface area contributed by atoms with Gasteiger partial charge in [-0.3, -0.25) is 14.4 Å². The second-order valence-electron chi connectivity index (χ2n) is 6.90. The van der Waals surface area contributed by atoms with Crippen molar-refractivity contribution in [2.24, 2.45) is 0 Å². The maximum Gasteiger partial charge on any atom is 0.416 e. The fourth-order valence-electron chi connectivity index (χ4n) is 2.77. The third-order valence-electron chi connectivity index (χ3n) is 4.37. The van der Waals surface area contributed by atoms with Crippen molar-refractivity contribution in [2.75, 3.05) is 5.32 Å². The average Bonchev–Trinajstić information content (AvgIpc) is 3.28. The first kappa shape index (κ1) is 25.0. The van der Waals surface area contributed by atoms with Crippen LogP contribution in [-0.4, -0.2) is 21.4 Å². The van der Waals surface area contributed by atoms with Crippen LogP contribution in [0.3, 0.4) is 0 Å². The van der Waals surface area contributed by atoms with Crippen molar-refractivity contribution in [3.05, 3.63) is 80.2 Å². The molecule has 0 aliphatic heterocycles. The topological polar surface area (TPSA) is 93.1 Å². The molecule has 2 heterocycles. The summed E-state index contributed by atoms with van der Waals surface area (Å²) in [7, 11) is 0. The fraction of sp³-hybridized carbons (Fsp3) is 0.200. The van der Waals surface area contributed by atoms with Crippen molar-refractivity contribution in [2.45, 2.75) is 25.4 Å². The molecule has 0 aliphatic carbocycles. The van der Waals surface area contributed by atoms with E-state index in [1.54, 1.807) is 0 Å². The number of pyridine rings is 1. The van der Waals surface area contributed by atoms with E-state index in [9.17, 15) is 40.7 Å². The number of thiazole rings is 1. The monoisotopic (exact) mass is 504 g/mol. The van der Waals surface area contributed by atoms with Gasteiger partial charge in [0.05, 0.1) is 16.6 Å². The predicted octanol–water partition coefficient (Wildman–Crippen LogP) is 3.91. The highest BCUT2D eigenvalue weighted by Gasteiger charge is 2.36. The number of alkyl halides is 6. The number of aromatic nitrogens is 2. The maximum atomic E-state index is 12.9. The maximum absolute atomic E-state index is 12.9. The Morgan fingerprint density at radius 2 is 1.65 bits per heavy atom. The van der Waals surface area contributed by atoms with Gasteiger partial charge >= 0.3 is 12.4 Å². The number of benzene rings is 1. The van der Waals surface area contributed by atoms with Crippen molar-refractivity contribution >= 4 is 28.8 Å². The number of hydrogen-bond acceptors (Lipinski definition) is 5. The number of hydrogen-bond donors (Lipinski definition) is 2. The van der Waals surface area contributed by atoms with Gasteiger partial charge in [0, 0.05) is 29.9 Å². The summed E-state index contributed by atoms with van der Waals surface area (Å²) < 4.78 is 78.6. The minimum absolute atomic E-state index is 0.0142. The number of halogens is 6. The van der Waals surface area contributed by atoms with Crippen molar-refractivity contribution in [1.82, 2.24) is 14.9 Å². The van der Waals surface area contributed by atoms with E-state index in [-0.39, 0.29) is 17.4 Å². The Morgan fingerprint density at radius 3 is 2.18 bits per heavy atom. The zero-order chi connectivity index (χ0) is 25.1. The standard InChI is InChI=1S/C20H14F6N4O3S/c21-19(22,23)12-3-11(4-13(5-12)20(24,25)26)7-27-16(31)8-30-2-1-14(6-17(30)32)29-18(33)15-9-34-10-28-15/h1-6,9-10H,7-8H2,(H,27,31)(H,29,33). The first-order chi connectivity index (χ1) is 15.8. The molecule has 0 saturated heterocycles. The molecule has 0 unspecified atom stereocenters. The molecule has 2 amide bonds. The minimum Gasteiger partial charge on any atom is -0.350 e. The van der Waals surface area contributed by atoms with Crippen LogP contribution in [0.4, 0.5) is 32.0 Å². The number of nitrogens with zero attached hydrogens (tertiary/aromatic N) is 2. The molecule has 180 valence electrons. The van der Waals surface area contributed by atoms with Gasteiger partial charge in [-0.1, -0.05) is 0 Å². The van der Waals surface area contributed by atoms with Gasteiger partial charge in [-0.25, -0.2) is 4.98 Å². The molecule has 3 rings (SSSR count). The third kappa shape index (κ3) is 6.43. The van der Waals surface area contributed by atoms with Crippen LogP contribution in [0.25, 0.3) is 0 Å². The quantitative estimate of drug-likeness (QED) is 0.498. The van der Waals surface area contributed by atoms with E-state index < -0.39 is 59.5 Å². The summed E-state index contributed by atoms with van der Waals surface area (Å²) in [6.45, 7) is -1.17. The molecule has 2 aromatic heterocycles. The van der Waals surface area contributed by atoms with Crippen LogP contribution in [0.2, 0.25) is 0 Å². The van der Waals surface area contributed by atoms with E-state index in [1.165, 1.54) is 34.5 Å². The van der Waals surface area contributed by atoms with Gasteiger partial charge in [-0.15, -0.1) is 11.3 Å². The SMILES string of the molecule is O=C(Cn1ccc(NC(=O)c2cscn2)cc1=O)NCc1cc(C(F)(F)F)cc(C(F)(F)F)c1.